The van der Waals surface area contributed by atoms with Gasteiger partial charge in [-0.15, -0.1) is 0 Å². The summed E-state index contributed by atoms with van der Waals surface area (Å²) in [5, 5.41) is 20.3. The van der Waals surface area contributed by atoms with Crippen LogP contribution in [0.25, 0.3) is 0 Å². The van der Waals surface area contributed by atoms with Gasteiger partial charge >= 0.3 is 5.97 Å². The SMILES string of the molecule is Cc1cc(NC(=O)Cn2ccc(C(=O)O)n2)nn1Cc1ccccc1Cl. The van der Waals surface area contributed by atoms with Crippen LogP contribution in [0.2, 0.25) is 5.02 Å². The average Bonchev–Trinajstić information content (AvgIpc) is 3.17. The molecule has 134 valence electrons. The van der Waals surface area contributed by atoms with Gasteiger partial charge < -0.3 is 10.4 Å². The molecule has 0 saturated carbocycles. The molecule has 8 nitrogen and oxygen atoms in total. The Morgan fingerprint density at radius 2 is 2.00 bits per heavy atom. The Balaban J connectivity index is 1.65. The molecule has 2 aromatic heterocycles. The second kappa shape index (κ2) is 7.40. The molecule has 9 heteroatoms. The van der Waals surface area contributed by atoms with Crippen molar-refractivity contribution in [1.82, 2.24) is 19.6 Å². The quantitative estimate of drug-likeness (QED) is 0.690. The number of carbonyl (C=O) groups excluding carboxylic acids is 1. The fourth-order valence-electron chi connectivity index (χ4n) is 2.41. The molecule has 1 amide bonds. The predicted octanol–water partition coefficient (Wildman–Crippen LogP) is 2.43. The molecular formula is C17H16ClN5O3. The normalized spacial score (nSPS) is 10.7. The molecular weight excluding hydrogens is 358 g/mol. The Bertz CT molecular complexity index is 963. The van der Waals surface area contributed by atoms with E-state index in [1.54, 1.807) is 10.7 Å². The summed E-state index contributed by atoms with van der Waals surface area (Å²) in [4.78, 5) is 22.9. The van der Waals surface area contributed by atoms with E-state index in [0.29, 0.717) is 17.4 Å². The topological polar surface area (TPSA) is 102 Å². The number of halogens is 1. The van der Waals surface area contributed by atoms with Crippen molar-refractivity contribution < 1.29 is 14.7 Å². The molecule has 0 radical (unpaired) electrons. The number of rotatable bonds is 6. The smallest absolute Gasteiger partial charge is 0.356 e. The molecule has 3 rings (SSSR count). The minimum absolute atomic E-state index is 0.107. The first-order valence-electron chi connectivity index (χ1n) is 7.77. The molecule has 0 aliphatic heterocycles. The average molecular weight is 374 g/mol. The van der Waals surface area contributed by atoms with Crippen molar-refractivity contribution in [3.63, 3.8) is 0 Å². The molecule has 0 aliphatic carbocycles. The summed E-state index contributed by atoms with van der Waals surface area (Å²) in [5.74, 6) is -1.09. The second-order valence-corrected chi connectivity index (χ2v) is 6.08. The van der Waals surface area contributed by atoms with Gasteiger partial charge in [-0.1, -0.05) is 29.8 Å². The maximum atomic E-state index is 12.1. The Labute approximate surface area is 154 Å². The largest absolute Gasteiger partial charge is 0.476 e. The van der Waals surface area contributed by atoms with Crippen LogP contribution in [0.1, 0.15) is 21.7 Å². The van der Waals surface area contributed by atoms with E-state index in [1.165, 1.54) is 16.9 Å². The summed E-state index contributed by atoms with van der Waals surface area (Å²) in [6.45, 7) is 2.26. The molecule has 0 bridgehead atoms. The predicted molar refractivity (Wildman–Crippen MR) is 95.3 cm³/mol. The van der Waals surface area contributed by atoms with Crippen molar-refractivity contribution in [3.05, 3.63) is 64.6 Å². The maximum Gasteiger partial charge on any atom is 0.356 e. The van der Waals surface area contributed by atoms with E-state index in [4.69, 9.17) is 16.7 Å². The molecule has 0 saturated heterocycles. The molecule has 1 aromatic carbocycles. The highest BCUT2D eigenvalue weighted by atomic mass is 35.5. The number of nitrogens with zero attached hydrogens (tertiary/aromatic N) is 4. The van der Waals surface area contributed by atoms with Gasteiger partial charge in [-0.05, 0) is 24.6 Å². The van der Waals surface area contributed by atoms with E-state index in [0.717, 1.165) is 11.3 Å². The number of anilines is 1. The number of aromatic nitrogens is 4. The summed E-state index contributed by atoms with van der Waals surface area (Å²) in [5.41, 5.74) is 1.68. The zero-order valence-electron chi connectivity index (χ0n) is 13.9. The second-order valence-electron chi connectivity index (χ2n) is 5.67. The summed E-state index contributed by atoms with van der Waals surface area (Å²) >= 11 is 6.17. The monoisotopic (exact) mass is 373 g/mol. The van der Waals surface area contributed by atoms with Crippen molar-refractivity contribution in [2.24, 2.45) is 0 Å². The highest BCUT2D eigenvalue weighted by molar-refractivity contribution is 6.31. The van der Waals surface area contributed by atoms with Crippen LogP contribution in [0.15, 0.2) is 42.6 Å². The third-order valence-corrected chi connectivity index (χ3v) is 4.06. The highest BCUT2D eigenvalue weighted by Crippen LogP contribution is 2.18. The van der Waals surface area contributed by atoms with Crippen molar-refractivity contribution >= 4 is 29.3 Å². The zero-order chi connectivity index (χ0) is 18.7. The van der Waals surface area contributed by atoms with E-state index in [9.17, 15) is 9.59 Å². The summed E-state index contributed by atoms with van der Waals surface area (Å²) in [7, 11) is 0. The molecule has 2 N–H and O–H groups in total. The number of benzene rings is 1. The molecule has 0 atom stereocenters. The number of aryl methyl sites for hydroxylation is 1. The lowest BCUT2D eigenvalue weighted by Crippen LogP contribution is -2.20. The standard InChI is InChI=1S/C17H16ClN5O3/c1-11-8-15(21-23(11)9-12-4-2-3-5-13(12)18)19-16(24)10-22-7-6-14(20-22)17(25)26/h2-8H,9-10H2,1H3,(H,25,26)(H,19,21,24). The lowest BCUT2D eigenvalue weighted by Gasteiger charge is -2.06. The highest BCUT2D eigenvalue weighted by Gasteiger charge is 2.12. The van der Waals surface area contributed by atoms with Crippen LogP contribution in [0, 0.1) is 6.92 Å². The number of carboxylic acid groups (broad SMARTS) is 1. The first-order valence-corrected chi connectivity index (χ1v) is 8.14. The summed E-state index contributed by atoms with van der Waals surface area (Å²) in [6.07, 6.45) is 1.43. The minimum atomic E-state index is -1.14. The van der Waals surface area contributed by atoms with E-state index in [1.807, 2.05) is 31.2 Å². The third kappa shape index (κ3) is 4.09. The third-order valence-electron chi connectivity index (χ3n) is 3.69. The van der Waals surface area contributed by atoms with Crippen molar-refractivity contribution in [3.8, 4) is 0 Å². The molecule has 0 fully saturated rings. The maximum absolute atomic E-state index is 12.1. The van der Waals surface area contributed by atoms with Gasteiger partial charge in [0.2, 0.25) is 5.91 Å². The van der Waals surface area contributed by atoms with E-state index in [-0.39, 0.29) is 18.1 Å². The summed E-state index contributed by atoms with van der Waals surface area (Å²) < 4.78 is 3.00. The van der Waals surface area contributed by atoms with Gasteiger partial charge in [0.25, 0.3) is 0 Å². The van der Waals surface area contributed by atoms with Gasteiger partial charge in [0, 0.05) is 23.0 Å². The van der Waals surface area contributed by atoms with Crippen LogP contribution in [-0.2, 0) is 17.9 Å². The number of hydrogen-bond donors (Lipinski definition) is 2. The first kappa shape index (κ1) is 17.7. The molecule has 26 heavy (non-hydrogen) atoms. The Morgan fingerprint density at radius 3 is 2.69 bits per heavy atom. The van der Waals surface area contributed by atoms with Crippen LogP contribution in [-0.4, -0.2) is 36.5 Å². The number of nitrogens with one attached hydrogen (secondary N) is 1. The van der Waals surface area contributed by atoms with Gasteiger partial charge in [0.1, 0.15) is 6.54 Å². The number of carbonyl (C=O) groups is 2. The Kier molecular flexibility index (Phi) is 5.04. The minimum Gasteiger partial charge on any atom is -0.476 e. The van der Waals surface area contributed by atoms with Crippen LogP contribution in [0.3, 0.4) is 0 Å². The number of carboxylic acids is 1. The molecule has 0 unspecified atom stereocenters. The lowest BCUT2D eigenvalue weighted by molar-refractivity contribution is -0.116. The lowest BCUT2D eigenvalue weighted by atomic mass is 10.2. The molecule has 2 heterocycles. The Morgan fingerprint density at radius 1 is 1.23 bits per heavy atom. The number of amides is 1. The van der Waals surface area contributed by atoms with Crippen LogP contribution in [0.5, 0.6) is 0 Å². The van der Waals surface area contributed by atoms with Gasteiger partial charge in [-0.3, -0.25) is 14.2 Å². The van der Waals surface area contributed by atoms with E-state index < -0.39 is 5.97 Å². The fraction of sp³-hybridized carbons (Fsp3) is 0.176. The number of hydrogen-bond acceptors (Lipinski definition) is 4. The zero-order valence-corrected chi connectivity index (χ0v) is 14.6. The Hall–Kier alpha value is -3.13. The van der Waals surface area contributed by atoms with Gasteiger partial charge in [0.05, 0.1) is 6.54 Å². The van der Waals surface area contributed by atoms with Crippen LogP contribution >= 0.6 is 11.6 Å². The number of aromatic carboxylic acids is 1. The van der Waals surface area contributed by atoms with E-state index in [2.05, 4.69) is 15.5 Å². The summed E-state index contributed by atoms with van der Waals surface area (Å²) in [6, 6.07) is 10.6. The molecule has 0 aliphatic rings. The van der Waals surface area contributed by atoms with Crippen molar-refractivity contribution in [1.29, 1.82) is 0 Å². The fourth-order valence-corrected chi connectivity index (χ4v) is 2.61. The van der Waals surface area contributed by atoms with E-state index >= 15 is 0 Å². The van der Waals surface area contributed by atoms with Gasteiger partial charge in [-0.2, -0.15) is 10.2 Å². The van der Waals surface area contributed by atoms with Crippen LogP contribution < -0.4 is 5.32 Å². The van der Waals surface area contributed by atoms with Crippen LogP contribution in [0.4, 0.5) is 5.82 Å². The van der Waals surface area contributed by atoms with Gasteiger partial charge in [0.15, 0.2) is 11.5 Å². The van der Waals surface area contributed by atoms with Crippen molar-refractivity contribution in [2.75, 3.05) is 5.32 Å². The first-order chi connectivity index (χ1) is 12.4. The molecule has 3 aromatic rings. The van der Waals surface area contributed by atoms with Crippen molar-refractivity contribution in [2.45, 2.75) is 20.0 Å². The van der Waals surface area contributed by atoms with Gasteiger partial charge in [-0.25, -0.2) is 4.79 Å². The molecule has 0 spiro atoms.